The number of nitrogens with one attached hydrogen (secondary N) is 2. The number of aromatic carboxylic acids is 1. The second kappa shape index (κ2) is 5.38. The Bertz CT molecular complexity index is 705. The molecule has 0 radical (unpaired) electrons. The van der Waals surface area contributed by atoms with Gasteiger partial charge >= 0.3 is 5.97 Å². The van der Waals surface area contributed by atoms with Gasteiger partial charge in [-0.3, -0.25) is 5.10 Å². The van der Waals surface area contributed by atoms with Crippen molar-refractivity contribution in [2.24, 2.45) is 0 Å². The van der Waals surface area contributed by atoms with E-state index in [1.807, 2.05) is 0 Å². The predicted molar refractivity (Wildman–Crippen MR) is 63.5 cm³/mol. The van der Waals surface area contributed by atoms with Gasteiger partial charge in [0.25, 0.3) is 0 Å². The molecular formula is C9H11N5O5S. The van der Waals surface area contributed by atoms with Crippen molar-refractivity contribution in [1.82, 2.24) is 25.1 Å². The number of aryl methyl sites for hydroxylation is 1. The maximum absolute atomic E-state index is 12.1. The molecule has 20 heavy (non-hydrogen) atoms. The Hall–Kier alpha value is -2.27. The van der Waals surface area contributed by atoms with E-state index < -0.39 is 21.7 Å². The Morgan fingerprint density at radius 2 is 2.30 bits per heavy atom. The van der Waals surface area contributed by atoms with E-state index in [1.165, 1.54) is 13.3 Å². The topological polar surface area (TPSA) is 151 Å². The second-order valence-corrected chi connectivity index (χ2v) is 5.52. The minimum Gasteiger partial charge on any atom is -0.476 e. The van der Waals surface area contributed by atoms with E-state index in [2.05, 4.69) is 25.1 Å². The van der Waals surface area contributed by atoms with Crippen LogP contribution in [0.4, 0.5) is 0 Å². The zero-order valence-corrected chi connectivity index (χ0v) is 11.1. The van der Waals surface area contributed by atoms with Crippen molar-refractivity contribution in [1.29, 1.82) is 0 Å². The summed E-state index contributed by atoms with van der Waals surface area (Å²) in [4.78, 5) is 14.3. The first kappa shape index (κ1) is 14.1. The number of hydrogen-bond acceptors (Lipinski definition) is 7. The highest BCUT2D eigenvalue weighted by Crippen LogP contribution is 2.17. The molecule has 10 nitrogen and oxygen atoms in total. The molecule has 108 valence electrons. The number of aromatic amines is 1. The molecule has 0 saturated carbocycles. The van der Waals surface area contributed by atoms with Gasteiger partial charge in [-0.15, -0.1) is 0 Å². The lowest BCUT2D eigenvalue weighted by atomic mass is 10.4. The summed E-state index contributed by atoms with van der Waals surface area (Å²) in [6.45, 7) is 1.42. The third kappa shape index (κ3) is 2.83. The van der Waals surface area contributed by atoms with Crippen LogP contribution in [0.25, 0.3) is 0 Å². The fraction of sp³-hybridized carbons (Fsp3) is 0.333. The lowest BCUT2D eigenvalue weighted by Crippen LogP contribution is -2.27. The van der Waals surface area contributed by atoms with E-state index in [9.17, 15) is 13.2 Å². The number of carboxylic acids is 1. The van der Waals surface area contributed by atoms with Crippen molar-refractivity contribution < 1.29 is 22.8 Å². The number of sulfonamides is 1. The van der Waals surface area contributed by atoms with E-state index in [4.69, 9.17) is 9.63 Å². The monoisotopic (exact) mass is 301 g/mol. The zero-order chi connectivity index (χ0) is 14.8. The first-order chi connectivity index (χ1) is 9.42. The molecule has 0 fully saturated rings. The molecule has 0 aromatic carbocycles. The van der Waals surface area contributed by atoms with Crippen LogP contribution in [0.3, 0.4) is 0 Å². The Kier molecular flexibility index (Phi) is 3.81. The molecule has 0 unspecified atom stereocenters. The van der Waals surface area contributed by atoms with Gasteiger partial charge in [0.2, 0.25) is 15.9 Å². The first-order valence-corrected chi connectivity index (χ1v) is 6.93. The summed E-state index contributed by atoms with van der Waals surface area (Å²) in [6.07, 6.45) is 1.39. The number of aromatic nitrogens is 4. The highest BCUT2D eigenvalue weighted by molar-refractivity contribution is 7.89. The molecule has 11 heteroatoms. The smallest absolute Gasteiger partial charge is 0.357 e. The van der Waals surface area contributed by atoms with Gasteiger partial charge in [0, 0.05) is 13.0 Å². The van der Waals surface area contributed by atoms with Crippen LogP contribution in [-0.4, -0.2) is 46.4 Å². The summed E-state index contributed by atoms with van der Waals surface area (Å²) >= 11 is 0. The van der Waals surface area contributed by atoms with Gasteiger partial charge in [-0.1, -0.05) is 5.16 Å². The number of hydrogen-bond donors (Lipinski definition) is 3. The molecular weight excluding hydrogens is 290 g/mol. The van der Waals surface area contributed by atoms with E-state index >= 15 is 0 Å². The SMILES string of the molecule is Cc1[nH]nc(C(=O)O)c1S(=O)(=O)NCCc1ncno1. The molecule has 0 bridgehead atoms. The number of nitrogens with zero attached hydrogens (tertiary/aromatic N) is 3. The molecule has 0 saturated heterocycles. The highest BCUT2D eigenvalue weighted by atomic mass is 32.2. The van der Waals surface area contributed by atoms with Gasteiger partial charge in [-0.25, -0.2) is 17.9 Å². The summed E-state index contributed by atoms with van der Waals surface area (Å²) < 4.78 is 31.1. The van der Waals surface area contributed by atoms with E-state index in [-0.39, 0.29) is 29.4 Å². The summed E-state index contributed by atoms with van der Waals surface area (Å²) in [5, 5.41) is 18.1. The minimum atomic E-state index is -3.99. The Labute approximate surface area is 113 Å². The molecule has 0 aliphatic heterocycles. The fourth-order valence-electron chi connectivity index (χ4n) is 1.56. The molecule has 0 aliphatic carbocycles. The standard InChI is InChI=1S/C9H11N5O5S/c1-5-8(7(9(15)16)14-13-5)20(17,18)12-3-2-6-10-4-11-19-6/h4,12H,2-3H2,1H3,(H,13,14)(H,15,16). The van der Waals surface area contributed by atoms with Crippen LogP contribution in [0.15, 0.2) is 15.7 Å². The van der Waals surface area contributed by atoms with E-state index in [0.29, 0.717) is 0 Å². The first-order valence-electron chi connectivity index (χ1n) is 5.45. The predicted octanol–water partition coefficient (Wildman–Crippen LogP) is -0.680. The molecule has 3 N–H and O–H groups in total. The van der Waals surface area contributed by atoms with Crippen molar-refractivity contribution in [2.45, 2.75) is 18.2 Å². The molecule has 0 spiro atoms. The summed E-state index contributed by atoms with van der Waals surface area (Å²) in [5.41, 5.74) is -0.402. The number of H-pyrrole nitrogens is 1. The molecule has 2 rings (SSSR count). The Morgan fingerprint density at radius 3 is 2.90 bits per heavy atom. The van der Waals surface area contributed by atoms with Gasteiger partial charge < -0.3 is 9.63 Å². The van der Waals surface area contributed by atoms with E-state index in [0.717, 1.165) is 0 Å². The third-order valence-electron chi connectivity index (χ3n) is 2.40. The van der Waals surface area contributed by atoms with Crippen LogP contribution in [0.5, 0.6) is 0 Å². The minimum absolute atomic E-state index is 0.00575. The van der Waals surface area contributed by atoms with Crippen LogP contribution >= 0.6 is 0 Å². The maximum Gasteiger partial charge on any atom is 0.357 e. The Morgan fingerprint density at radius 1 is 1.55 bits per heavy atom. The summed E-state index contributed by atoms with van der Waals surface area (Å²) in [6, 6.07) is 0. The van der Waals surface area contributed by atoms with Gasteiger partial charge in [0.1, 0.15) is 4.90 Å². The van der Waals surface area contributed by atoms with Gasteiger partial charge in [0.05, 0.1) is 5.69 Å². The van der Waals surface area contributed by atoms with Gasteiger partial charge in [-0.05, 0) is 6.92 Å². The fourth-order valence-corrected chi connectivity index (χ4v) is 2.91. The highest BCUT2D eigenvalue weighted by Gasteiger charge is 2.27. The normalized spacial score (nSPS) is 11.7. The van der Waals surface area contributed by atoms with Crippen LogP contribution in [0, 0.1) is 6.92 Å². The average molecular weight is 301 g/mol. The van der Waals surface area contributed by atoms with Gasteiger partial charge in [-0.2, -0.15) is 10.1 Å². The lowest BCUT2D eigenvalue weighted by molar-refractivity contribution is 0.0686. The maximum atomic E-state index is 12.1. The van der Waals surface area contributed by atoms with E-state index in [1.54, 1.807) is 0 Å². The molecule has 2 aromatic heterocycles. The van der Waals surface area contributed by atoms with Crippen molar-refractivity contribution in [2.75, 3.05) is 6.54 Å². The number of rotatable bonds is 6. The second-order valence-electron chi connectivity index (χ2n) is 3.81. The summed E-state index contributed by atoms with van der Waals surface area (Å²) in [5.74, 6) is -1.15. The number of carbonyl (C=O) groups is 1. The molecule has 2 heterocycles. The zero-order valence-electron chi connectivity index (χ0n) is 10.3. The van der Waals surface area contributed by atoms with Crippen molar-refractivity contribution >= 4 is 16.0 Å². The third-order valence-corrected chi connectivity index (χ3v) is 4.02. The van der Waals surface area contributed by atoms with Crippen LogP contribution in [0.1, 0.15) is 22.1 Å². The van der Waals surface area contributed by atoms with Crippen LogP contribution < -0.4 is 4.72 Å². The van der Waals surface area contributed by atoms with Gasteiger partial charge in [0.15, 0.2) is 12.0 Å². The largest absolute Gasteiger partial charge is 0.476 e. The Balaban J connectivity index is 2.14. The number of carboxylic acid groups (broad SMARTS) is 1. The molecule has 0 atom stereocenters. The van der Waals surface area contributed by atoms with Crippen molar-refractivity contribution in [3.8, 4) is 0 Å². The van der Waals surface area contributed by atoms with Crippen molar-refractivity contribution in [3.63, 3.8) is 0 Å². The van der Waals surface area contributed by atoms with Crippen molar-refractivity contribution in [3.05, 3.63) is 23.6 Å². The average Bonchev–Trinajstić information content (AvgIpc) is 2.98. The molecule has 0 aliphatic rings. The summed E-state index contributed by atoms with van der Waals surface area (Å²) in [7, 11) is -3.99. The van der Waals surface area contributed by atoms with Crippen LogP contribution in [0.2, 0.25) is 0 Å². The molecule has 2 aromatic rings. The lowest BCUT2D eigenvalue weighted by Gasteiger charge is -2.05. The molecule has 0 amide bonds. The van der Waals surface area contributed by atoms with Crippen LogP contribution in [-0.2, 0) is 16.4 Å². The quantitative estimate of drug-likeness (QED) is 0.634.